The number of unbranched alkanes of at least 4 members (excludes halogenated alkanes) is 1. The molecule has 78 valence electrons. The zero-order chi connectivity index (χ0) is 10.6. The highest BCUT2D eigenvalue weighted by Gasteiger charge is 2.16. The Labute approximate surface area is 89.8 Å². The maximum absolute atomic E-state index is 11.7. The van der Waals surface area contributed by atoms with Crippen LogP contribution in [-0.4, -0.2) is 14.2 Å². The molecule has 0 spiro atoms. The molecule has 0 N–H and O–H groups in total. The maximum atomic E-state index is 11.7. The summed E-state index contributed by atoms with van der Waals surface area (Å²) in [5.74, 6) is 0.174. The molecule has 0 saturated heterocycles. The molecule has 0 aromatic heterocycles. The van der Waals surface area contributed by atoms with Crippen molar-refractivity contribution in [1.29, 1.82) is 0 Å². The van der Waals surface area contributed by atoms with Gasteiger partial charge in [-0.3, -0.25) is 0 Å². The summed E-state index contributed by atoms with van der Waals surface area (Å²) < 4.78 is 23.5. The molecular weight excluding hydrogens is 220 g/mol. The topological polar surface area (TPSA) is 34.1 Å². The van der Waals surface area contributed by atoms with Gasteiger partial charge in [0.2, 0.25) is 0 Å². The minimum Gasteiger partial charge on any atom is -0.224 e. The van der Waals surface area contributed by atoms with Gasteiger partial charge in [0.05, 0.1) is 15.7 Å². The van der Waals surface area contributed by atoms with Gasteiger partial charge in [-0.15, -0.1) is 0 Å². The van der Waals surface area contributed by atoms with Crippen molar-refractivity contribution in [1.82, 2.24) is 0 Å². The lowest BCUT2D eigenvalue weighted by molar-refractivity contribution is 0.593. The van der Waals surface area contributed by atoms with Gasteiger partial charge in [-0.25, -0.2) is 8.42 Å². The van der Waals surface area contributed by atoms with Crippen LogP contribution in [-0.2, 0) is 9.84 Å². The molecule has 0 radical (unpaired) electrons. The fraction of sp³-hybridized carbons (Fsp3) is 0.400. The van der Waals surface area contributed by atoms with Gasteiger partial charge in [0.15, 0.2) is 9.84 Å². The Morgan fingerprint density at radius 1 is 1.29 bits per heavy atom. The monoisotopic (exact) mass is 232 g/mol. The molecule has 0 amide bonds. The van der Waals surface area contributed by atoms with E-state index in [2.05, 4.69) is 0 Å². The van der Waals surface area contributed by atoms with Crippen molar-refractivity contribution in [3.63, 3.8) is 0 Å². The highest BCUT2D eigenvalue weighted by atomic mass is 35.5. The first-order valence-electron chi connectivity index (χ1n) is 4.55. The zero-order valence-electron chi connectivity index (χ0n) is 8.03. The molecule has 0 bridgehead atoms. The fourth-order valence-corrected chi connectivity index (χ4v) is 3.17. The highest BCUT2D eigenvalue weighted by Crippen LogP contribution is 2.22. The van der Waals surface area contributed by atoms with E-state index in [0.29, 0.717) is 11.4 Å². The molecule has 1 aromatic rings. The molecule has 1 aromatic carbocycles. The fourth-order valence-electron chi connectivity index (χ4n) is 1.14. The van der Waals surface area contributed by atoms with E-state index in [9.17, 15) is 8.42 Å². The smallest absolute Gasteiger partial charge is 0.179 e. The van der Waals surface area contributed by atoms with Gasteiger partial charge in [0.25, 0.3) is 0 Å². The summed E-state index contributed by atoms with van der Waals surface area (Å²) in [5.41, 5.74) is 0. The van der Waals surface area contributed by atoms with E-state index in [1.54, 1.807) is 24.3 Å². The molecule has 0 aliphatic heterocycles. The molecule has 0 heterocycles. The van der Waals surface area contributed by atoms with Crippen molar-refractivity contribution in [2.75, 3.05) is 5.75 Å². The molecule has 0 aliphatic carbocycles. The zero-order valence-corrected chi connectivity index (χ0v) is 9.61. The quantitative estimate of drug-likeness (QED) is 0.800. The Morgan fingerprint density at radius 3 is 2.50 bits per heavy atom. The molecule has 2 nitrogen and oxygen atoms in total. The third kappa shape index (κ3) is 2.72. The first kappa shape index (κ1) is 11.5. The van der Waals surface area contributed by atoms with Crippen LogP contribution in [0.15, 0.2) is 29.2 Å². The van der Waals surface area contributed by atoms with E-state index in [4.69, 9.17) is 11.6 Å². The van der Waals surface area contributed by atoms with Gasteiger partial charge in [-0.2, -0.15) is 0 Å². The van der Waals surface area contributed by atoms with E-state index in [0.717, 1.165) is 6.42 Å². The van der Waals surface area contributed by atoms with Gasteiger partial charge in [-0.05, 0) is 18.6 Å². The summed E-state index contributed by atoms with van der Waals surface area (Å²) in [6, 6.07) is 6.56. The molecule has 1 rings (SSSR count). The molecule has 0 unspecified atom stereocenters. The van der Waals surface area contributed by atoms with Gasteiger partial charge >= 0.3 is 0 Å². The minimum atomic E-state index is -3.19. The molecule has 0 fully saturated rings. The van der Waals surface area contributed by atoms with Crippen LogP contribution in [0.3, 0.4) is 0 Å². The Kier molecular flexibility index (Phi) is 3.96. The van der Waals surface area contributed by atoms with Crippen LogP contribution in [0, 0.1) is 0 Å². The lowest BCUT2D eigenvalue weighted by atomic mass is 10.4. The standard InChI is InChI=1S/C10H13ClO2S/c1-2-3-8-14(12,13)10-7-5-4-6-9(10)11/h4-7H,2-3,8H2,1H3. The number of benzene rings is 1. The summed E-state index contributed by atoms with van der Waals surface area (Å²) in [4.78, 5) is 0.245. The second-order valence-electron chi connectivity index (χ2n) is 3.10. The van der Waals surface area contributed by atoms with E-state index in [-0.39, 0.29) is 10.6 Å². The molecule has 4 heteroatoms. The summed E-state index contributed by atoms with van der Waals surface area (Å²) in [5, 5.41) is 0.309. The van der Waals surface area contributed by atoms with Crippen molar-refractivity contribution in [3.05, 3.63) is 29.3 Å². The van der Waals surface area contributed by atoms with Crippen LogP contribution in [0.5, 0.6) is 0 Å². The van der Waals surface area contributed by atoms with Crippen LogP contribution in [0.1, 0.15) is 19.8 Å². The Hall–Kier alpha value is -0.540. The Morgan fingerprint density at radius 2 is 1.93 bits per heavy atom. The van der Waals surface area contributed by atoms with Gasteiger partial charge in [-0.1, -0.05) is 37.1 Å². The average molecular weight is 233 g/mol. The third-order valence-corrected chi connectivity index (χ3v) is 4.23. The van der Waals surface area contributed by atoms with Crippen molar-refractivity contribution < 1.29 is 8.42 Å². The lowest BCUT2D eigenvalue weighted by Gasteiger charge is -2.04. The summed E-state index contributed by atoms with van der Waals surface area (Å²) in [6.45, 7) is 1.96. The predicted octanol–water partition coefficient (Wildman–Crippen LogP) is 2.91. The van der Waals surface area contributed by atoms with Gasteiger partial charge in [0, 0.05) is 0 Å². The molecule has 0 saturated carbocycles. The average Bonchev–Trinajstić information content (AvgIpc) is 2.15. The highest BCUT2D eigenvalue weighted by molar-refractivity contribution is 7.91. The lowest BCUT2D eigenvalue weighted by Crippen LogP contribution is -2.06. The molecule has 14 heavy (non-hydrogen) atoms. The van der Waals surface area contributed by atoms with Crippen molar-refractivity contribution in [2.24, 2.45) is 0 Å². The molecule has 0 atom stereocenters. The van der Waals surface area contributed by atoms with Crippen LogP contribution in [0.25, 0.3) is 0 Å². The first-order chi connectivity index (χ1) is 6.58. The van der Waals surface area contributed by atoms with Gasteiger partial charge in [0.1, 0.15) is 0 Å². The number of hydrogen-bond acceptors (Lipinski definition) is 2. The first-order valence-corrected chi connectivity index (χ1v) is 6.58. The third-order valence-electron chi connectivity index (χ3n) is 1.94. The summed E-state index contributed by atoms with van der Waals surface area (Å²) in [7, 11) is -3.19. The van der Waals surface area contributed by atoms with E-state index < -0.39 is 9.84 Å². The second kappa shape index (κ2) is 4.80. The van der Waals surface area contributed by atoms with Gasteiger partial charge < -0.3 is 0 Å². The van der Waals surface area contributed by atoms with E-state index in [1.807, 2.05) is 6.92 Å². The van der Waals surface area contributed by atoms with Crippen molar-refractivity contribution in [3.8, 4) is 0 Å². The van der Waals surface area contributed by atoms with Crippen LogP contribution in [0.4, 0.5) is 0 Å². The van der Waals surface area contributed by atoms with Crippen LogP contribution in [0.2, 0.25) is 5.02 Å². The number of hydrogen-bond donors (Lipinski definition) is 0. The molecule has 0 aliphatic rings. The van der Waals surface area contributed by atoms with Crippen LogP contribution < -0.4 is 0 Å². The van der Waals surface area contributed by atoms with E-state index in [1.165, 1.54) is 0 Å². The Bertz CT molecular complexity index is 398. The Balaban J connectivity index is 2.99. The number of halogens is 1. The number of rotatable bonds is 4. The summed E-state index contributed by atoms with van der Waals surface area (Å²) in [6.07, 6.45) is 1.54. The second-order valence-corrected chi connectivity index (χ2v) is 5.59. The summed E-state index contributed by atoms with van der Waals surface area (Å²) >= 11 is 5.81. The maximum Gasteiger partial charge on any atom is 0.179 e. The minimum absolute atomic E-state index is 0.174. The molecular formula is C10H13ClO2S. The number of sulfone groups is 1. The normalized spacial score (nSPS) is 11.6. The predicted molar refractivity (Wildman–Crippen MR) is 58.4 cm³/mol. The largest absolute Gasteiger partial charge is 0.224 e. The van der Waals surface area contributed by atoms with Crippen molar-refractivity contribution in [2.45, 2.75) is 24.7 Å². The van der Waals surface area contributed by atoms with Crippen LogP contribution >= 0.6 is 11.6 Å². The van der Waals surface area contributed by atoms with E-state index >= 15 is 0 Å². The van der Waals surface area contributed by atoms with Crippen molar-refractivity contribution >= 4 is 21.4 Å². The SMILES string of the molecule is CCCCS(=O)(=O)c1ccccc1Cl.